The summed E-state index contributed by atoms with van der Waals surface area (Å²) in [6.45, 7) is 5.53. The first-order valence-electron chi connectivity index (χ1n) is 8.89. The van der Waals surface area contributed by atoms with Crippen molar-refractivity contribution >= 4 is 11.7 Å². The molecule has 0 bridgehead atoms. The van der Waals surface area contributed by atoms with Crippen LogP contribution in [0.4, 0.5) is 0 Å². The van der Waals surface area contributed by atoms with Gasteiger partial charge in [0.2, 0.25) is 0 Å². The van der Waals surface area contributed by atoms with Gasteiger partial charge in [-0.2, -0.15) is 0 Å². The van der Waals surface area contributed by atoms with E-state index < -0.39 is 0 Å². The summed E-state index contributed by atoms with van der Waals surface area (Å²) in [5.41, 5.74) is 1.07. The van der Waals surface area contributed by atoms with Gasteiger partial charge in [-0.15, -0.1) is 0 Å². The zero-order valence-electron chi connectivity index (χ0n) is 15.2. The molecule has 0 spiro atoms. The zero-order valence-corrected chi connectivity index (χ0v) is 15.2. The van der Waals surface area contributed by atoms with E-state index in [0.29, 0.717) is 18.3 Å². The maximum atomic E-state index is 11.7. The molecule has 0 aromatic heterocycles. The summed E-state index contributed by atoms with van der Waals surface area (Å²) in [5.74, 6) is 0.918. The van der Waals surface area contributed by atoms with Crippen LogP contribution in [0.3, 0.4) is 0 Å². The fourth-order valence-electron chi connectivity index (χ4n) is 3.29. The Morgan fingerprint density at radius 2 is 1.91 bits per heavy atom. The minimum absolute atomic E-state index is 0.175. The number of carbonyl (C=O) groups is 1. The highest BCUT2D eigenvalue weighted by atomic mass is 16.7. The Bertz CT molecular complexity index is 372. The molecule has 4 heteroatoms. The summed E-state index contributed by atoms with van der Waals surface area (Å²) in [7, 11) is 6.66. The number of oxime groups is 1. The fraction of sp³-hybridized carbons (Fsp3) is 0.889. The molecular weight excluding hydrogens is 276 g/mol. The van der Waals surface area contributed by atoms with Gasteiger partial charge in [0.05, 0.1) is 33.4 Å². The molecule has 128 valence electrons. The Morgan fingerprint density at radius 3 is 2.55 bits per heavy atom. The number of carbonyl (C=O) groups excluding carboxylic acids is 1. The first kappa shape index (κ1) is 19.1. The third kappa shape index (κ3) is 7.92. The van der Waals surface area contributed by atoms with Crippen LogP contribution < -0.4 is 0 Å². The Balaban J connectivity index is 2.29. The van der Waals surface area contributed by atoms with Gasteiger partial charge in [0.25, 0.3) is 0 Å². The molecule has 1 saturated carbocycles. The predicted molar refractivity (Wildman–Crippen MR) is 91.7 cm³/mol. The van der Waals surface area contributed by atoms with Crippen molar-refractivity contribution in [2.45, 2.75) is 65.2 Å². The van der Waals surface area contributed by atoms with Crippen LogP contribution in [0.5, 0.6) is 0 Å². The number of hydrogen-bond donors (Lipinski definition) is 0. The van der Waals surface area contributed by atoms with E-state index in [9.17, 15) is 4.79 Å². The molecule has 0 N–H and O–H groups in total. The molecule has 0 aromatic rings. The van der Waals surface area contributed by atoms with Crippen LogP contribution in [0.15, 0.2) is 5.16 Å². The minimum atomic E-state index is -0.175. The lowest BCUT2D eigenvalue weighted by atomic mass is 10.1. The van der Waals surface area contributed by atoms with E-state index in [1.165, 1.54) is 19.3 Å². The average Bonchev–Trinajstić information content (AvgIpc) is 2.74. The topological polar surface area (TPSA) is 38.7 Å². The van der Waals surface area contributed by atoms with Gasteiger partial charge >= 0.3 is 5.97 Å². The molecule has 1 aliphatic carbocycles. The van der Waals surface area contributed by atoms with E-state index in [2.05, 4.69) is 40.1 Å². The van der Waals surface area contributed by atoms with Crippen molar-refractivity contribution < 1.29 is 14.1 Å². The smallest absolute Gasteiger partial charge is 0.331 e. The van der Waals surface area contributed by atoms with Gasteiger partial charge in [-0.1, -0.05) is 44.7 Å². The molecule has 0 aliphatic heterocycles. The molecule has 0 radical (unpaired) electrons. The van der Waals surface area contributed by atoms with E-state index in [1.807, 2.05) is 0 Å². The number of nitrogens with zero attached hydrogens (tertiary/aromatic N) is 2. The predicted octanol–water partition coefficient (Wildman–Crippen LogP) is 4.00. The first-order valence-corrected chi connectivity index (χ1v) is 8.89. The van der Waals surface area contributed by atoms with Crippen LogP contribution in [-0.2, 0) is 9.63 Å². The normalized spacial score (nSPS) is 24.0. The van der Waals surface area contributed by atoms with Gasteiger partial charge in [-0.05, 0) is 25.2 Å². The van der Waals surface area contributed by atoms with Crippen molar-refractivity contribution in [1.82, 2.24) is 0 Å². The maximum Gasteiger partial charge on any atom is 0.335 e. The zero-order chi connectivity index (χ0) is 16.6. The highest BCUT2D eigenvalue weighted by Crippen LogP contribution is 2.30. The SMILES string of the molecule is CCCCCCCC(=O)O/N=C1/C[C@@H](C[N+](C)(C)C)C[C@H]1C. The maximum absolute atomic E-state index is 11.7. The minimum Gasteiger partial charge on any atom is -0.331 e. The third-order valence-electron chi connectivity index (χ3n) is 4.31. The monoisotopic (exact) mass is 311 g/mol. The van der Waals surface area contributed by atoms with E-state index in [4.69, 9.17) is 4.84 Å². The third-order valence-corrected chi connectivity index (χ3v) is 4.31. The summed E-state index contributed by atoms with van der Waals surface area (Å²) in [6.07, 6.45) is 8.35. The summed E-state index contributed by atoms with van der Waals surface area (Å²) in [5, 5.41) is 4.16. The molecule has 22 heavy (non-hydrogen) atoms. The molecule has 4 nitrogen and oxygen atoms in total. The number of unbranched alkanes of at least 4 members (excludes halogenated alkanes) is 4. The first-order chi connectivity index (χ1) is 10.3. The Hall–Kier alpha value is -0.900. The van der Waals surface area contributed by atoms with Crippen LogP contribution in [0.25, 0.3) is 0 Å². The van der Waals surface area contributed by atoms with E-state index in [1.54, 1.807) is 0 Å². The van der Waals surface area contributed by atoms with Crippen molar-refractivity contribution in [2.75, 3.05) is 27.7 Å². The Kier molecular flexibility index (Phi) is 8.08. The van der Waals surface area contributed by atoms with Crippen LogP contribution in [-0.4, -0.2) is 43.9 Å². The largest absolute Gasteiger partial charge is 0.335 e. The van der Waals surface area contributed by atoms with Crippen LogP contribution in [0, 0.1) is 11.8 Å². The lowest BCUT2D eigenvalue weighted by Gasteiger charge is -2.27. The number of quaternary nitrogens is 1. The van der Waals surface area contributed by atoms with E-state index in [0.717, 1.165) is 42.4 Å². The molecule has 0 unspecified atom stereocenters. The highest BCUT2D eigenvalue weighted by Gasteiger charge is 2.31. The van der Waals surface area contributed by atoms with Crippen molar-refractivity contribution in [3.8, 4) is 0 Å². The molecule has 2 atom stereocenters. The number of rotatable bonds is 9. The summed E-state index contributed by atoms with van der Waals surface area (Å²) >= 11 is 0. The fourth-order valence-corrected chi connectivity index (χ4v) is 3.29. The second-order valence-electron chi connectivity index (χ2n) is 7.89. The molecule has 1 fully saturated rings. The van der Waals surface area contributed by atoms with Crippen molar-refractivity contribution in [3.05, 3.63) is 0 Å². The highest BCUT2D eigenvalue weighted by molar-refractivity contribution is 5.88. The molecule has 0 aromatic carbocycles. The van der Waals surface area contributed by atoms with Gasteiger partial charge in [0, 0.05) is 12.3 Å². The van der Waals surface area contributed by atoms with Crippen molar-refractivity contribution in [2.24, 2.45) is 17.0 Å². The second kappa shape index (κ2) is 9.29. The van der Waals surface area contributed by atoms with Crippen LogP contribution >= 0.6 is 0 Å². The van der Waals surface area contributed by atoms with E-state index in [-0.39, 0.29) is 5.97 Å². The average molecular weight is 311 g/mol. The van der Waals surface area contributed by atoms with Gasteiger partial charge in [0.1, 0.15) is 0 Å². The molecule has 0 amide bonds. The summed E-state index contributed by atoms with van der Waals surface area (Å²) < 4.78 is 0.974. The van der Waals surface area contributed by atoms with Gasteiger partial charge < -0.3 is 9.32 Å². The Morgan fingerprint density at radius 1 is 1.23 bits per heavy atom. The summed E-state index contributed by atoms with van der Waals surface area (Å²) in [6, 6.07) is 0. The van der Waals surface area contributed by atoms with Crippen molar-refractivity contribution in [1.29, 1.82) is 0 Å². The van der Waals surface area contributed by atoms with Gasteiger partial charge in [-0.25, -0.2) is 4.79 Å². The molecule has 0 heterocycles. The molecule has 1 rings (SSSR count). The lowest BCUT2D eigenvalue weighted by molar-refractivity contribution is -0.873. The molecular formula is C18H35N2O2+. The van der Waals surface area contributed by atoms with Gasteiger partial charge in [0.15, 0.2) is 0 Å². The number of hydrogen-bond acceptors (Lipinski definition) is 3. The standard InChI is InChI=1S/C18H35N2O2/c1-6-7-8-9-10-11-18(21)22-19-17-13-16(12-15(17)2)14-20(3,4)5/h15-16H,6-14H2,1-5H3/q+1/b19-17-/t15-,16+/m1/s1. The van der Waals surface area contributed by atoms with Crippen LogP contribution in [0.2, 0.25) is 0 Å². The Labute approximate surface area is 136 Å². The second-order valence-corrected chi connectivity index (χ2v) is 7.89. The quantitative estimate of drug-likeness (QED) is 0.279. The van der Waals surface area contributed by atoms with E-state index >= 15 is 0 Å². The van der Waals surface area contributed by atoms with Gasteiger partial charge in [-0.3, -0.25) is 0 Å². The molecule has 0 saturated heterocycles. The lowest BCUT2D eigenvalue weighted by Crippen LogP contribution is -2.38. The summed E-state index contributed by atoms with van der Waals surface area (Å²) in [4.78, 5) is 16.8. The van der Waals surface area contributed by atoms with Crippen LogP contribution in [0.1, 0.15) is 65.2 Å². The van der Waals surface area contributed by atoms with Crippen molar-refractivity contribution in [3.63, 3.8) is 0 Å². The molecule has 1 aliphatic rings.